The van der Waals surface area contributed by atoms with Gasteiger partial charge in [-0.1, -0.05) is 11.2 Å². The first-order chi connectivity index (χ1) is 11.3. The molecule has 1 aromatic heterocycles. The fraction of sp³-hybridized carbons (Fsp3) is 0.375. The van der Waals surface area contributed by atoms with Gasteiger partial charge in [-0.05, 0) is 32.9 Å². The lowest BCUT2D eigenvalue weighted by Crippen LogP contribution is -2.31. The molecule has 2 rings (SSSR count). The van der Waals surface area contributed by atoms with Crippen molar-refractivity contribution in [3.05, 3.63) is 40.8 Å². The van der Waals surface area contributed by atoms with Crippen molar-refractivity contribution < 1.29 is 22.8 Å². The van der Waals surface area contributed by atoms with Gasteiger partial charge in [0.1, 0.15) is 11.5 Å². The summed E-state index contributed by atoms with van der Waals surface area (Å²) in [5.41, 5.74) is 2.38. The zero-order chi connectivity index (χ0) is 17.9. The minimum Gasteiger partial charge on any atom is -0.434 e. The van der Waals surface area contributed by atoms with Crippen LogP contribution in [-0.2, 0) is 6.54 Å². The molecule has 0 aliphatic heterocycles. The maximum atomic E-state index is 12.4. The number of amides is 2. The van der Waals surface area contributed by atoms with Crippen molar-refractivity contribution in [1.29, 1.82) is 0 Å². The van der Waals surface area contributed by atoms with E-state index >= 15 is 0 Å². The van der Waals surface area contributed by atoms with Crippen LogP contribution in [0.4, 0.5) is 19.3 Å². The van der Waals surface area contributed by atoms with Crippen molar-refractivity contribution in [1.82, 2.24) is 10.1 Å². The summed E-state index contributed by atoms with van der Waals surface area (Å²) in [6.45, 7) is 2.57. The zero-order valence-corrected chi connectivity index (χ0v) is 13.9. The van der Waals surface area contributed by atoms with E-state index in [9.17, 15) is 13.6 Å². The van der Waals surface area contributed by atoms with Crippen LogP contribution in [0, 0.1) is 20.8 Å². The van der Waals surface area contributed by atoms with Crippen LogP contribution >= 0.6 is 0 Å². The molecule has 0 fully saturated rings. The minimum atomic E-state index is -2.92. The van der Waals surface area contributed by atoms with E-state index in [2.05, 4.69) is 15.2 Å². The summed E-state index contributed by atoms with van der Waals surface area (Å²) in [5, 5.41) is 6.53. The van der Waals surface area contributed by atoms with E-state index < -0.39 is 6.61 Å². The number of anilines is 1. The Morgan fingerprint density at radius 3 is 2.67 bits per heavy atom. The van der Waals surface area contributed by atoms with E-state index in [1.54, 1.807) is 33.9 Å². The molecule has 0 aliphatic rings. The van der Waals surface area contributed by atoms with Crippen molar-refractivity contribution >= 4 is 11.7 Å². The minimum absolute atomic E-state index is 0.0242. The van der Waals surface area contributed by atoms with Crippen LogP contribution in [0.1, 0.15) is 22.6 Å². The number of aryl methyl sites for hydroxylation is 2. The van der Waals surface area contributed by atoms with Crippen LogP contribution in [0.2, 0.25) is 0 Å². The molecular weight excluding hydrogens is 320 g/mol. The summed E-state index contributed by atoms with van der Waals surface area (Å²) in [7, 11) is 1.62. The van der Waals surface area contributed by atoms with Gasteiger partial charge in [0.25, 0.3) is 0 Å². The lowest BCUT2D eigenvalue weighted by molar-refractivity contribution is -0.0502. The number of aromatic nitrogens is 1. The molecule has 130 valence electrons. The number of benzene rings is 1. The highest BCUT2D eigenvalue weighted by Gasteiger charge is 2.17. The predicted octanol–water partition coefficient (Wildman–Crippen LogP) is 3.87. The van der Waals surface area contributed by atoms with Crippen molar-refractivity contribution in [2.45, 2.75) is 33.9 Å². The van der Waals surface area contributed by atoms with Crippen molar-refractivity contribution in [2.24, 2.45) is 0 Å². The largest absolute Gasteiger partial charge is 0.434 e. The van der Waals surface area contributed by atoms with Crippen molar-refractivity contribution in [2.75, 3.05) is 12.4 Å². The second-order valence-electron chi connectivity index (χ2n) is 5.40. The Balaban J connectivity index is 2.09. The molecule has 0 bridgehead atoms. The number of halogens is 2. The molecule has 2 aromatic rings. The van der Waals surface area contributed by atoms with Crippen LogP contribution in [0.15, 0.2) is 22.7 Å². The second-order valence-corrected chi connectivity index (χ2v) is 5.40. The number of rotatable bonds is 5. The highest BCUT2D eigenvalue weighted by molar-refractivity contribution is 5.90. The maximum absolute atomic E-state index is 12.4. The Hall–Kier alpha value is -2.64. The lowest BCUT2D eigenvalue weighted by atomic mass is 10.2. The molecule has 1 aromatic carbocycles. The molecule has 0 radical (unpaired) electrons. The molecule has 0 unspecified atom stereocenters. The summed E-state index contributed by atoms with van der Waals surface area (Å²) >= 11 is 0. The van der Waals surface area contributed by atoms with E-state index in [0.717, 1.165) is 11.3 Å². The van der Waals surface area contributed by atoms with E-state index in [1.807, 2.05) is 0 Å². The Labute approximate surface area is 138 Å². The number of urea groups is 1. The van der Waals surface area contributed by atoms with Gasteiger partial charge in [0.15, 0.2) is 0 Å². The third kappa shape index (κ3) is 4.01. The Morgan fingerprint density at radius 1 is 1.38 bits per heavy atom. The average molecular weight is 339 g/mol. The predicted molar refractivity (Wildman–Crippen MR) is 84.3 cm³/mol. The molecule has 0 saturated carbocycles. The van der Waals surface area contributed by atoms with Crippen LogP contribution in [0.5, 0.6) is 5.75 Å². The van der Waals surface area contributed by atoms with E-state index in [1.165, 1.54) is 17.0 Å². The van der Waals surface area contributed by atoms with Gasteiger partial charge in [-0.15, -0.1) is 0 Å². The van der Waals surface area contributed by atoms with Crippen molar-refractivity contribution in [3.63, 3.8) is 0 Å². The fourth-order valence-electron chi connectivity index (χ4n) is 2.22. The third-order valence-corrected chi connectivity index (χ3v) is 3.66. The van der Waals surface area contributed by atoms with Gasteiger partial charge in [0.2, 0.25) is 0 Å². The van der Waals surface area contributed by atoms with Gasteiger partial charge in [-0.25, -0.2) is 4.79 Å². The van der Waals surface area contributed by atoms with E-state index in [4.69, 9.17) is 4.52 Å². The molecule has 2 amide bonds. The molecule has 1 heterocycles. The molecular formula is C16H19F2N3O3. The van der Waals surface area contributed by atoms with Gasteiger partial charge in [0, 0.05) is 23.9 Å². The molecule has 0 atom stereocenters. The van der Waals surface area contributed by atoms with E-state index in [0.29, 0.717) is 23.6 Å². The smallest absolute Gasteiger partial charge is 0.387 e. The normalized spacial score (nSPS) is 10.8. The zero-order valence-electron chi connectivity index (χ0n) is 13.9. The van der Waals surface area contributed by atoms with Crippen LogP contribution in [0.25, 0.3) is 0 Å². The molecule has 0 aliphatic carbocycles. The first kappa shape index (κ1) is 17.7. The number of nitrogens with one attached hydrogen (secondary N) is 1. The monoisotopic (exact) mass is 339 g/mol. The van der Waals surface area contributed by atoms with Crippen LogP contribution in [0.3, 0.4) is 0 Å². The summed E-state index contributed by atoms with van der Waals surface area (Å²) in [6, 6.07) is 4.20. The lowest BCUT2D eigenvalue weighted by Gasteiger charge is -2.19. The Kier molecular flexibility index (Phi) is 5.38. The highest BCUT2D eigenvalue weighted by atomic mass is 19.3. The van der Waals surface area contributed by atoms with Crippen molar-refractivity contribution in [3.8, 4) is 5.75 Å². The first-order valence-electron chi connectivity index (χ1n) is 7.28. The molecule has 0 saturated heterocycles. The summed E-state index contributed by atoms with van der Waals surface area (Å²) < 4.78 is 34.3. The van der Waals surface area contributed by atoms with Gasteiger partial charge in [-0.3, -0.25) is 0 Å². The number of alkyl halides is 2. The van der Waals surface area contributed by atoms with Gasteiger partial charge in [-0.2, -0.15) is 8.78 Å². The number of carbonyl (C=O) groups excluding carboxylic acids is 1. The number of hydrogen-bond donors (Lipinski definition) is 1. The standard InChI is InChI=1S/C16H19F2N3O3/c1-9-13(6-5-7-14(9)23-15(17)18)19-16(22)21(4)8-12-10(2)20-24-11(12)3/h5-7,15H,8H2,1-4H3,(H,19,22). The SMILES string of the molecule is Cc1noc(C)c1CN(C)C(=O)Nc1cccc(OC(F)F)c1C. The van der Waals surface area contributed by atoms with E-state index in [-0.39, 0.29) is 11.8 Å². The average Bonchev–Trinajstić information content (AvgIpc) is 2.82. The van der Waals surface area contributed by atoms with Gasteiger partial charge >= 0.3 is 12.6 Å². The summed E-state index contributed by atoms with van der Waals surface area (Å²) in [5.74, 6) is 0.673. The number of carbonyl (C=O) groups is 1. The Morgan fingerprint density at radius 2 is 2.08 bits per heavy atom. The van der Waals surface area contributed by atoms with Gasteiger partial charge < -0.3 is 19.5 Å². The fourth-order valence-corrected chi connectivity index (χ4v) is 2.22. The third-order valence-electron chi connectivity index (χ3n) is 3.66. The first-order valence-corrected chi connectivity index (χ1v) is 7.28. The number of nitrogens with zero attached hydrogens (tertiary/aromatic N) is 2. The van der Waals surface area contributed by atoms with Gasteiger partial charge in [0.05, 0.1) is 12.2 Å². The topological polar surface area (TPSA) is 67.6 Å². The number of hydrogen-bond acceptors (Lipinski definition) is 4. The molecule has 24 heavy (non-hydrogen) atoms. The summed E-state index contributed by atoms with van der Waals surface area (Å²) in [4.78, 5) is 13.8. The molecule has 1 N–H and O–H groups in total. The van der Waals surface area contributed by atoms with Crippen LogP contribution < -0.4 is 10.1 Å². The van der Waals surface area contributed by atoms with Crippen LogP contribution in [-0.4, -0.2) is 29.7 Å². The summed E-state index contributed by atoms with van der Waals surface area (Å²) in [6.07, 6.45) is 0. The maximum Gasteiger partial charge on any atom is 0.387 e. The number of ether oxygens (including phenoxy) is 1. The quantitative estimate of drug-likeness (QED) is 0.898. The molecule has 8 heteroatoms. The molecule has 0 spiro atoms. The second kappa shape index (κ2) is 7.29. The highest BCUT2D eigenvalue weighted by Crippen LogP contribution is 2.27. The Bertz CT molecular complexity index is 712. The molecule has 6 nitrogen and oxygen atoms in total.